The molecular formula is C14H22W. The second-order valence-corrected chi connectivity index (χ2v) is 3.81. The van der Waals surface area contributed by atoms with Crippen molar-refractivity contribution in [3.8, 4) is 0 Å². The summed E-state index contributed by atoms with van der Waals surface area (Å²) in [5.74, 6) is 0. The molecule has 15 heavy (non-hydrogen) atoms. The van der Waals surface area contributed by atoms with Crippen molar-refractivity contribution in [3.05, 3.63) is 48.7 Å². The molecular weight excluding hydrogens is 352 g/mol. The maximum Gasteiger partial charge on any atom is 2.00 e. The molecule has 0 radical (unpaired) electrons. The molecule has 84 valence electrons. The van der Waals surface area contributed by atoms with Crippen LogP contribution >= 0.6 is 0 Å². The third kappa shape index (κ3) is 4.98. The topological polar surface area (TPSA) is 0 Å². The summed E-state index contributed by atoms with van der Waals surface area (Å²) in [5, 5.41) is 0. The summed E-state index contributed by atoms with van der Waals surface area (Å²) >= 11 is 0. The Bertz CT molecular complexity index is 266. The fraction of sp³-hybridized carbons (Fsp3) is 0.429. The van der Waals surface area contributed by atoms with Crippen molar-refractivity contribution >= 4 is 0 Å². The van der Waals surface area contributed by atoms with Crippen LogP contribution in [0.3, 0.4) is 0 Å². The first-order valence-electron chi connectivity index (χ1n) is 5.01. The summed E-state index contributed by atoms with van der Waals surface area (Å²) in [4.78, 5) is 0. The van der Waals surface area contributed by atoms with Crippen molar-refractivity contribution in [2.75, 3.05) is 0 Å². The van der Waals surface area contributed by atoms with Crippen LogP contribution in [0.5, 0.6) is 0 Å². The van der Waals surface area contributed by atoms with Crippen LogP contribution in [-0.2, 0) is 27.5 Å². The zero-order chi connectivity index (χ0) is 9.84. The Morgan fingerprint density at radius 1 is 1.07 bits per heavy atom. The van der Waals surface area contributed by atoms with E-state index < -0.39 is 0 Å². The minimum Gasteiger partial charge on any atom is -0.358 e. The van der Waals surface area contributed by atoms with Gasteiger partial charge in [-0.15, -0.1) is 0 Å². The van der Waals surface area contributed by atoms with Crippen LogP contribution in [0.4, 0.5) is 0 Å². The zero-order valence-electron chi connectivity index (χ0n) is 10.4. The van der Waals surface area contributed by atoms with E-state index in [0.29, 0.717) is 0 Å². The Kier molecular flexibility index (Phi) is 9.35. The van der Waals surface area contributed by atoms with Crippen molar-refractivity contribution < 1.29 is 21.1 Å². The predicted molar refractivity (Wildman–Crippen MR) is 65.4 cm³/mol. The van der Waals surface area contributed by atoms with E-state index >= 15 is 0 Å². The Labute approximate surface area is 110 Å². The molecule has 0 amide bonds. The van der Waals surface area contributed by atoms with Gasteiger partial charge in [0.15, 0.2) is 0 Å². The third-order valence-corrected chi connectivity index (χ3v) is 2.70. The molecule has 1 aromatic carbocycles. The summed E-state index contributed by atoms with van der Waals surface area (Å²) < 4.78 is 0. The van der Waals surface area contributed by atoms with Crippen molar-refractivity contribution in [3.63, 3.8) is 0 Å². The van der Waals surface area contributed by atoms with Gasteiger partial charge in [-0.25, -0.2) is 0 Å². The predicted octanol–water partition coefficient (Wildman–Crippen LogP) is 4.22. The molecule has 0 heterocycles. The Morgan fingerprint density at radius 3 is 1.93 bits per heavy atom. The molecule has 0 aliphatic carbocycles. The molecule has 0 N–H and O–H groups in total. The first kappa shape index (κ1) is 17.3. The molecule has 1 heteroatoms. The molecule has 1 aromatic rings. The van der Waals surface area contributed by atoms with E-state index in [-0.39, 0.29) is 28.5 Å². The Hall–Kier alpha value is -0.0917. The fourth-order valence-electron chi connectivity index (χ4n) is 1.60. The van der Waals surface area contributed by atoms with E-state index in [9.17, 15) is 0 Å². The monoisotopic (exact) mass is 374 g/mol. The van der Waals surface area contributed by atoms with Gasteiger partial charge in [-0.05, 0) is 49.4 Å². The van der Waals surface area contributed by atoms with Gasteiger partial charge in [0.25, 0.3) is 0 Å². The van der Waals surface area contributed by atoms with Crippen LogP contribution in [0.1, 0.15) is 35.1 Å². The summed E-state index contributed by atoms with van der Waals surface area (Å²) in [5.41, 5.74) is 5.72. The normalized spacial score (nSPS) is 9.07. The molecule has 0 aromatic heterocycles. The summed E-state index contributed by atoms with van der Waals surface area (Å²) in [6, 6.07) is 4.61. The van der Waals surface area contributed by atoms with Gasteiger partial charge in [0, 0.05) is 0 Å². The van der Waals surface area contributed by atoms with Crippen molar-refractivity contribution in [2.45, 2.75) is 40.0 Å². The fourth-order valence-corrected chi connectivity index (χ4v) is 1.60. The quantitative estimate of drug-likeness (QED) is 0.696. The molecule has 0 atom stereocenters. The standard InChI is InChI=1S/C13H19.CH3.W/c1-5-6-7-13-8-10(2)12(4)11(3)9-13;;/h8-9H,1,5-7H2,2-4H3;1H3;/q2*-1;+2. The van der Waals surface area contributed by atoms with Gasteiger partial charge in [0.05, 0.1) is 0 Å². The van der Waals surface area contributed by atoms with Crippen LogP contribution in [0.2, 0.25) is 0 Å². The second kappa shape index (κ2) is 8.11. The van der Waals surface area contributed by atoms with E-state index in [1.54, 1.807) is 0 Å². The second-order valence-electron chi connectivity index (χ2n) is 3.81. The minimum atomic E-state index is 0. The average molecular weight is 374 g/mol. The number of benzene rings is 1. The van der Waals surface area contributed by atoms with Gasteiger partial charge in [-0.2, -0.15) is 6.42 Å². The van der Waals surface area contributed by atoms with Gasteiger partial charge in [-0.1, -0.05) is 18.6 Å². The molecule has 0 aliphatic heterocycles. The van der Waals surface area contributed by atoms with E-state index in [2.05, 4.69) is 39.8 Å². The minimum absolute atomic E-state index is 0. The van der Waals surface area contributed by atoms with Crippen LogP contribution in [0.25, 0.3) is 0 Å². The number of rotatable bonds is 3. The Morgan fingerprint density at radius 2 is 1.53 bits per heavy atom. The number of aryl methyl sites for hydroxylation is 3. The zero-order valence-corrected chi connectivity index (χ0v) is 13.3. The molecule has 1 rings (SSSR count). The first-order chi connectivity index (χ1) is 6.15. The van der Waals surface area contributed by atoms with Crippen LogP contribution in [0.15, 0.2) is 12.1 Å². The molecule has 0 saturated carbocycles. The molecule has 0 fully saturated rings. The number of hydrogen-bond acceptors (Lipinski definition) is 0. The smallest absolute Gasteiger partial charge is 0.358 e. The largest absolute Gasteiger partial charge is 2.00 e. The maximum atomic E-state index is 3.86. The van der Waals surface area contributed by atoms with Gasteiger partial charge < -0.3 is 14.4 Å². The van der Waals surface area contributed by atoms with Crippen molar-refractivity contribution in [1.82, 2.24) is 0 Å². The molecule has 0 bridgehead atoms. The van der Waals surface area contributed by atoms with Gasteiger partial charge in [0.1, 0.15) is 0 Å². The summed E-state index contributed by atoms with van der Waals surface area (Å²) in [6.07, 6.45) is 3.40. The first-order valence-corrected chi connectivity index (χ1v) is 5.01. The summed E-state index contributed by atoms with van der Waals surface area (Å²) in [6.45, 7) is 10.4. The molecule has 0 saturated heterocycles. The van der Waals surface area contributed by atoms with Crippen molar-refractivity contribution in [2.24, 2.45) is 0 Å². The summed E-state index contributed by atoms with van der Waals surface area (Å²) in [7, 11) is 0. The average Bonchev–Trinajstić information content (AvgIpc) is 2.10. The Balaban J connectivity index is 0. The van der Waals surface area contributed by atoms with E-state index in [4.69, 9.17) is 0 Å². The van der Waals surface area contributed by atoms with Gasteiger partial charge in [-0.3, -0.25) is 0 Å². The van der Waals surface area contributed by atoms with Crippen LogP contribution in [-0.4, -0.2) is 0 Å². The molecule has 0 spiro atoms. The molecule has 0 unspecified atom stereocenters. The van der Waals surface area contributed by atoms with Crippen LogP contribution in [0, 0.1) is 35.1 Å². The SMILES string of the molecule is [CH2-]CCCc1cc(C)c(C)c(C)c1.[CH3-].[W+2]. The van der Waals surface area contributed by atoms with Gasteiger partial charge >= 0.3 is 21.1 Å². The third-order valence-electron chi connectivity index (χ3n) is 2.70. The van der Waals surface area contributed by atoms with E-state index in [0.717, 1.165) is 6.42 Å². The number of hydrogen-bond donors (Lipinski definition) is 0. The number of unbranched alkanes of at least 4 members (excludes halogenated alkanes) is 1. The molecule has 0 aliphatic rings. The molecule has 0 nitrogen and oxygen atoms in total. The van der Waals surface area contributed by atoms with Gasteiger partial charge in [0.2, 0.25) is 0 Å². The van der Waals surface area contributed by atoms with Crippen molar-refractivity contribution in [1.29, 1.82) is 0 Å². The van der Waals surface area contributed by atoms with E-state index in [1.807, 2.05) is 0 Å². The van der Waals surface area contributed by atoms with E-state index in [1.165, 1.54) is 35.1 Å². The maximum absolute atomic E-state index is 3.86. The van der Waals surface area contributed by atoms with Crippen LogP contribution < -0.4 is 0 Å².